The molecule has 0 unspecified atom stereocenters. The first kappa shape index (κ1) is 20.8. The van der Waals surface area contributed by atoms with Gasteiger partial charge in [0.1, 0.15) is 0 Å². The normalized spacial score (nSPS) is 10.2. The molecule has 0 bridgehead atoms. The Kier molecular flexibility index (Phi) is 9.38. The van der Waals surface area contributed by atoms with E-state index < -0.39 is 0 Å². The number of nitrogens with zero attached hydrogens (tertiary/aromatic N) is 2. The van der Waals surface area contributed by atoms with Crippen LogP contribution in [-0.2, 0) is 0 Å². The maximum Gasteiger partial charge on any atom is 0.255 e. The molecule has 1 aromatic rings. The number of carbonyl (C=O) groups excluding carboxylic acids is 1. The van der Waals surface area contributed by atoms with Crippen molar-refractivity contribution in [2.45, 2.75) is 13.8 Å². The summed E-state index contributed by atoms with van der Waals surface area (Å²) < 4.78 is 0. The zero-order chi connectivity index (χ0) is 13.1. The van der Waals surface area contributed by atoms with E-state index >= 15 is 0 Å². The summed E-state index contributed by atoms with van der Waals surface area (Å²) in [5.74, 6) is -0.112. The Morgan fingerprint density at radius 2 is 2.05 bits per heavy atom. The van der Waals surface area contributed by atoms with Crippen LogP contribution in [0.3, 0.4) is 0 Å². The van der Waals surface area contributed by atoms with Crippen molar-refractivity contribution in [2.24, 2.45) is 11.1 Å². The van der Waals surface area contributed by atoms with Gasteiger partial charge in [0.25, 0.3) is 5.91 Å². The van der Waals surface area contributed by atoms with Gasteiger partial charge in [0, 0.05) is 26.0 Å². The summed E-state index contributed by atoms with van der Waals surface area (Å²) in [6, 6.07) is 1.62. The van der Waals surface area contributed by atoms with Crippen molar-refractivity contribution >= 4 is 42.3 Å². The van der Waals surface area contributed by atoms with Crippen molar-refractivity contribution in [1.29, 1.82) is 0 Å². The first-order valence-corrected chi connectivity index (χ1v) is 5.80. The number of pyridine rings is 1. The third-order valence-electron chi connectivity index (χ3n) is 2.57. The smallest absolute Gasteiger partial charge is 0.255 e. The summed E-state index contributed by atoms with van der Waals surface area (Å²) in [5, 5.41) is 0.370. The van der Waals surface area contributed by atoms with Gasteiger partial charge >= 0.3 is 0 Å². The molecule has 0 saturated carbocycles. The SMILES string of the molecule is CN(CC(C)(C)CN)C(=O)c1ccncc1Cl.Cl.Cl. The molecule has 1 amide bonds. The van der Waals surface area contributed by atoms with E-state index in [-0.39, 0.29) is 36.1 Å². The molecule has 4 nitrogen and oxygen atoms in total. The molecule has 0 aliphatic carbocycles. The average molecular weight is 329 g/mol. The Balaban J connectivity index is 0. The van der Waals surface area contributed by atoms with Gasteiger partial charge in [0.05, 0.1) is 10.6 Å². The van der Waals surface area contributed by atoms with Gasteiger partial charge in [-0.3, -0.25) is 9.78 Å². The lowest BCUT2D eigenvalue weighted by atomic mass is 9.93. The van der Waals surface area contributed by atoms with Gasteiger partial charge in [0.15, 0.2) is 0 Å². The summed E-state index contributed by atoms with van der Waals surface area (Å²) in [6.07, 6.45) is 3.03. The van der Waals surface area contributed by atoms with Gasteiger partial charge in [-0.05, 0) is 18.0 Å². The maximum atomic E-state index is 12.1. The number of halogens is 3. The second kappa shape index (κ2) is 8.59. The van der Waals surface area contributed by atoms with Crippen LogP contribution in [0.2, 0.25) is 5.02 Å². The van der Waals surface area contributed by atoms with E-state index in [4.69, 9.17) is 17.3 Å². The number of nitrogens with two attached hydrogens (primary N) is 1. The number of hydrogen-bond donors (Lipinski definition) is 1. The molecule has 0 atom stereocenters. The fourth-order valence-corrected chi connectivity index (χ4v) is 1.73. The van der Waals surface area contributed by atoms with Crippen LogP contribution < -0.4 is 5.73 Å². The number of hydrogen-bond acceptors (Lipinski definition) is 3. The molecule has 1 aromatic heterocycles. The van der Waals surface area contributed by atoms with E-state index in [2.05, 4.69) is 4.98 Å². The summed E-state index contributed by atoms with van der Waals surface area (Å²) in [6.45, 7) is 5.14. The minimum absolute atomic E-state index is 0. The van der Waals surface area contributed by atoms with Gasteiger partial charge in [-0.15, -0.1) is 24.8 Å². The minimum Gasteiger partial charge on any atom is -0.341 e. The zero-order valence-electron chi connectivity index (χ0n) is 11.2. The van der Waals surface area contributed by atoms with E-state index in [0.717, 1.165) is 0 Å². The number of amides is 1. The van der Waals surface area contributed by atoms with E-state index in [9.17, 15) is 4.79 Å². The Bertz CT molecular complexity index is 413. The van der Waals surface area contributed by atoms with Crippen molar-refractivity contribution < 1.29 is 4.79 Å². The molecule has 0 aliphatic heterocycles. The van der Waals surface area contributed by atoms with Crippen molar-refractivity contribution in [3.63, 3.8) is 0 Å². The highest BCUT2D eigenvalue weighted by molar-refractivity contribution is 6.33. The molecular weight excluding hydrogens is 309 g/mol. The van der Waals surface area contributed by atoms with E-state index in [1.807, 2.05) is 13.8 Å². The van der Waals surface area contributed by atoms with Crippen LogP contribution in [-0.4, -0.2) is 35.9 Å². The zero-order valence-corrected chi connectivity index (χ0v) is 13.6. The molecule has 0 radical (unpaired) electrons. The van der Waals surface area contributed by atoms with Crippen molar-refractivity contribution in [2.75, 3.05) is 20.1 Å². The van der Waals surface area contributed by atoms with Gasteiger partial charge in [-0.25, -0.2) is 0 Å². The predicted octanol–water partition coefficient (Wildman–Crippen LogP) is 2.64. The second-order valence-electron chi connectivity index (χ2n) is 4.89. The van der Waals surface area contributed by atoms with Gasteiger partial charge in [0.2, 0.25) is 0 Å². The van der Waals surface area contributed by atoms with Crippen LogP contribution in [0.15, 0.2) is 18.5 Å². The number of carbonyl (C=O) groups is 1. The van der Waals surface area contributed by atoms with Gasteiger partial charge in [-0.1, -0.05) is 25.4 Å². The van der Waals surface area contributed by atoms with E-state index in [1.54, 1.807) is 24.2 Å². The largest absolute Gasteiger partial charge is 0.341 e. The molecule has 1 rings (SSSR count). The fraction of sp³-hybridized carbons (Fsp3) is 0.500. The van der Waals surface area contributed by atoms with E-state index in [0.29, 0.717) is 23.7 Å². The summed E-state index contributed by atoms with van der Waals surface area (Å²) in [4.78, 5) is 17.6. The molecule has 1 heterocycles. The first-order valence-electron chi connectivity index (χ1n) is 5.42. The highest BCUT2D eigenvalue weighted by Gasteiger charge is 2.22. The number of aromatic nitrogens is 1. The Hall–Kier alpha value is -0.550. The summed E-state index contributed by atoms with van der Waals surface area (Å²) in [7, 11) is 1.75. The Morgan fingerprint density at radius 3 is 2.53 bits per heavy atom. The highest BCUT2D eigenvalue weighted by atomic mass is 35.5. The molecule has 0 aromatic carbocycles. The van der Waals surface area contributed by atoms with Crippen molar-refractivity contribution in [3.8, 4) is 0 Å². The molecule has 0 fully saturated rings. The Morgan fingerprint density at radius 1 is 1.47 bits per heavy atom. The average Bonchev–Trinajstić information content (AvgIpc) is 2.28. The standard InChI is InChI=1S/C12H18ClN3O.2ClH/c1-12(2,7-14)8-16(3)11(17)9-4-5-15-6-10(9)13;;/h4-6H,7-8,14H2,1-3H3;2*1H. The van der Waals surface area contributed by atoms with Crippen molar-refractivity contribution in [1.82, 2.24) is 9.88 Å². The third-order valence-corrected chi connectivity index (χ3v) is 2.87. The van der Waals surface area contributed by atoms with Crippen LogP contribution >= 0.6 is 36.4 Å². The lowest BCUT2D eigenvalue weighted by Crippen LogP contribution is -2.39. The molecule has 110 valence electrons. The summed E-state index contributed by atoms with van der Waals surface area (Å²) in [5.41, 5.74) is 6.01. The lowest BCUT2D eigenvalue weighted by molar-refractivity contribution is 0.0740. The molecule has 0 saturated heterocycles. The van der Waals surface area contributed by atoms with Crippen LogP contribution in [0, 0.1) is 5.41 Å². The molecule has 19 heavy (non-hydrogen) atoms. The van der Waals surface area contributed by atoms with Gasteiger partial charge in [-0.2, -0.15) is 0 Å². The van der Waals surface area contributed by atoms with Gasteiger partial charge < -0.3 is 10.6 Å². The molecule has 2 N–H and O–H groups in total. The number of rotatable bonds is 4. The molecule has 0 spiro atoms. The molecule has 0 aliphatic rings. The lowest BCUT2D eigenvalue weighted by Gasteiger charge is -2.29. The summed E-state index contributed by atoms with van der Waals surface area (Å²) >= 11 is 5.93. The monoisotopic (exact) mass is 327 g/mol. The fourth-order valence-electron chi connectivity index (χ4n) is 1.53. The minimum atomic E-state index is -0.112. The topological polar surface area (TPSA) is 59.2 Å². The van der Waals surface area contributed by atoms with Crippen LogP contribution in [0.1, 0.15) is 24.2 Å². The Labute approximate surface area is 131 Å². The highest BCUT2D eigenvalue weighted by Crippen LogP contribution is 2.19. The van der Waals surface area contributed by atoms with Crippen molar-refractivity contribution in [3.05, 3.63) is 29.0 Å². The van der Waals surface area contributed by atoms with Crippen LogP contribution in [0.5, 0.6) is 0 Å². The quantitative estimate of drug-likeness (QED) is 0.924. The van der Waals surface area contributed by atoms with E-state index in [1.165, 1.54) is 6.20 Å². The molecule has 7 heteroatoms. The predicted molar refractivity (Wildman–Crippen MR) is 83.5 cm³/mol. The first-order chi connectivity index (χ1) is 7.87. The molecular formula is C12H20Cl3N3O. The van der Waals surface area contributed by atoms with Crippen LogP contribution in [0.4, 0.5) is 0 Å². The maximum absolute atomic E-state index is 12.1. The third kappa shape index (κ3) is 5.95. The second-order valence-corrected chi connectivity index (χ2v) is 5.29. The van der Waals surface area contributed by atoms with Crippen LogP contribution in [0.25, 0.3) is 0 Å².